The molecule has 1 fully saturated rings. The molecule has 0 amide bonds. The molecule has 1 N–H and O–H groups in total. The first kappa shape index (κ1) is 15.1. The summed E-state index contributed by atoms with van der Waals surface area (Å²) in [4.78, 5) is 14.7. The summed E-state index contributed by atoms with van der Waals surface area (Å²) in [6.45, 7) is 7.45. The van der Waals surface area contributed by atoms with Crippen LogP contribution < -0.4 is 11.0 Å². The Labute approximate surface area is 131 Å². The summed E-state index contributed by atoms with van der Waals surface area (Å²) in [7, 11) is 1.79. The van der Waals surface area contributed by atoms with Crippen LogP contribution in [0.15, 0.2) is 35.3 Å². The molecule has 1 aromatic carbocycles. The highest BCUT2D eigenvalue weighted by Gasteiger charge is 2.11. The van der Waals surface area contributed by atoms with Crippen molar-refractivity contribution in [2.24, 2.45) is 7.05 Å². The van der Waals surface area contributed by atoms with E-state index in [9.17, 15) is 4.79 Å². The fourth-order valence-corrected chi connectivity index (χ4v) is 3.09. The van der Waals surface area contributed by atoms with Gasteiger partial charge in [0, 0.05) is 51.7 Å². The third kappa shape index (κ3) is 3.15. The van der Waals surface area contributed by atoms with Gasteiger partial charge in [-0.25, -0.2) is 4.79 Å². The number of imidazole rings is 1. The molecular weight excluding hydrogens is 276 g/mol. The molecule has 5 nitrogen and oxygen atoms in total. The Morgan fingerprint density at radius 1 is 1.23 bits per heavy atom. The fourth-order valence-electron chi connectivity index (χ4n) is 3.09. The molecule has 22 heavy (non-hydrogen) atoms. The lowest BCUT2D eigenvalue weighted by molar-refractivity contribution is 0.244. The molecule has 0 unspecified atom stereocenters. The van der Waals surface area contributed by atoms with Crippen LogP contribution in [0.25, 0.3) is 5.69 Å². The molecule has 118 valence electrons. The van der Waals surface area contributed by atoms with E-state index in [2.05, 4.69) is 22.3 Å². The molecule has 0 aliphatic carbocycles. The van der Waals surface area contributed by atoms with Crippen LogP contribution in [0.2, 0.25) is 0 Å². The number of piperazine rings is 1. The summed E-state index contributed by atoms with van der Waals surface area (Å²) in [5, 5.41) is 3.38. The van der Waals surface area contributed by atoms with Crippen molar-refractivity contribution in [2.75, 3.05) is 32.7 Å². The van der Waals surface area contributed by atoms with Gasteiger partial charge in [0.1, 0.15) is 0 Å². The maximum Gasteiger partial charge on any atom is 0.332 e. The Morgan fingerprint density at radius 3 is 2.68 bits per heavy atom. The van der Waals surface area contributed by atoms with Gasteiger partial charge in [0.15, 0.2) is 0 Å². The Bertz CT molecular complexity index is 695. The third-order valence-corrected chi connectivity index (χ3v) is 4.32. The first-order valence-corrected chi connectivity index (χ1v) is 7.92. The van der Waals surface area contributed by atoms with Crippen LogP contribution in [0.4, 0.5) is 0 Å². The molecule has 1 saturated heterocycles. The molecule has 0 spiro atoms. The quantitative estimate of drug-likeness (QED) is 0.913. The SMILES string of the molecule is Cc1cn(C)c(=O)n1-c1cccc(CCN2CCNCC2)c1. The Morgan fingerprint density at radius 2 is 2.00 bits per heavy atom. The van der Waals surface area contributed by atoms with Gasteiger partial charge in [-0.05, 0) is 31.0 Å². The molecule has 1 aliphatic heterocycles. The number of aryl methyl sites for hydroxylation is 2. The van der Waals surface area contributed by atoms with Crippen LogP contribution in [-0.4, -0.2) is 46.8 Å². The highest BCUT2D eigenvalue weighted by molar-refractivity contribution is 5.37. The summed E-state index contributed by atoms with van der Waals surface area (Å²) in [6.07, 6.45) is 2.89. The van der Waals surface area contributed by atoms with Crippen molar-refractivity contribution >= 4 is 0 Å². The van der Waals surface area contributed by atoms with E-state index < -0.39 is 0 Å². The predicted octanol–water partition coefficient (Wildman–Crippen LogP) is 0.932. The summed E-state index contributed by atoms with van der Waals surface area (Å²) >= 11 is 0. The first-order valence-electron chi connectivity index (χ1n) is 7.92. The monoisotopic (exact) mass is 300 g/mol. The normalized spacial score (nSPS) is 16.1. The third-order valence-electron chi connectivity index (χ3n) is 4.32. The number of hydrogen-bond acceptors (Lipinski definition) is 3. The smallest absolute Gasteiger partial charge is 0.314 e. The molecule has 1 aromatic heterocycles. The van der Waals surface area contributed by atoms with E-state index in [1.54, 1.807) is 16.2 Å². The maximum atomic E-state index is 12.2. The minimum atomic E-state index is 0.0109. The molecule has 3 rings (SSSR count). The molecule has 1 aliphatic rings. The van der Waals surface area contributed by atoms with Crippen molar-refractivity contribution < 1.29 is 0 Å². The van der Waals surface area contributed by atoms with Crippen molar-refractivity contribution in [2.45, 2.75) is 13.3 Å². The van der Waals surface area contributed by atoms with E-state index in [0.29, 0.717) is 0 Å². The first-order chi connectivity index (χ1) is 10.6. The minimum Gasteiger partial charge on any atom is -0.314 e. The van der Waals surface area contributed by atoms with Crippen LogP contribution in [0.1, 0.15) is 11.3 Å². The average molecular weight is 300 g/mol. The highest BCUT2D eigenvalue weighted by atomic mass is 16.1. The van der Waals surface area contributed by atoms with Crippen LogP contribution in [0.5, 0.6) is 0 Å². The standard InChI is InChI=1S/C17H24N4O/c1-14-13-19(2)17(22)21(14)16-5-3-4-15(12-16)6-9-20-10-7-18-8-11-20/h3-5,12-13,18H,6-11H2,1-2H3. The fraction of sp³-hybridized carbons (Fsp3) is 0.471. The van der Waals surface area contributed by atoms with Gasteiger partial charge < -0.3 is 14.8 Å². The van der Waals surface area contributed by atoms with E-state index in [1.807, 2.05) is 25.3 Å². The summed E-state index contributed by atoms with van der Waals surface area (Å²) < 4.78 is 3.40. The maximum absolute atomic E-state index is 12.2. The largest absolute Gasteiger partial charge is 0.332 e. The number of nitrogens with zero attached hydrogens (tertiary/aromatic N) is 3. The van der Waals surface area contributed by atoms with Gasteiger partial charge in [-0.2, -0.15) is 0 Å². The Kier molecular flexibility index (Phi) is 4.45. The Hall–Kier alpha value is -1.85. The van der Waals surface area contributed by atoms with E-state index >= 15 is 0 Å². The van der Waals surface area contributed by atoms with Crippen LogP contribution >= 0.6 is 0 Å². The zero-order chi connectivity index (χ0) is 15.5. The molecule has 2 heterocycles. The average Bonchev–Trinajstić information content (AvgIpc) is 2.79. The van der Waals surface area contributed by atoms with Gasteiger partial charge in [-0.1, -0.05) is 12.1 Å². The Balaban J connectivity index is 1.76. The van der Waals surface area contributed by atoms with Gasteiger partial charge in [0.2, 0.25) is 0 Å². The van der Waals surface area contributed by atoms with E-state index in [0.717, 1.165) is 50.5 Å². The summed E-state index contributed by atoms with van der Waals surface area (Å²) in [5.74, 6) is 0. The second kappa shape index (κ2) is 6.50. The van der Waals surface area contributed by atoms with Crippen molar-refractivity contribution in [1.29, 1.82) is 0 Å². The topological polar surface area (TPSA) is 42.2 Å². The zero-order valence-electron chi connectivity index (χ0n) is 13.4. The van der Waals surface area contributed by atoms with E-state index in [4.69, 9.17) is 0 Å². The summed E-state index contributed by atoms with van der Waals surface area (Å²) in [6, 6.07) is 8.33. The molecule has 0 saturated carbocycles. The molecule has 5 heteroatoms. The molecular formula is C17H24N4O. The number of rotatable bonds is 4. The zero-order valence-corrected chi connectivity index (χ0v) is 13.4. The predicted molar refractivity (Wildman–Crippen MR) is 88.8 cm³/mol. The van der Waals surface area contributed by atoms with Gasteiger partial charge in [0.25, 0.3) is 0 Å². The number of nitrogens with one attached hydrogen (secondary N) is 1. The second-order valence-electron chi connectivity index (χ2n) is 6.01. The van der Waals surface area contributed by atoms with Gasteiger partial charge in [-0.3, -0.25) is 4.57 Å². The number of aromatic nitrogens is 2. The lowest BCUT2D eigenvalue weighted by atomic mass is 10.1. The number of hydrogen-bond donors (Lipinski definition) is 1. The molecule has 2 aromatic rings. The lowest BCUT2D eigenvalue weighted by Crippen LogP contribution is -2.44. The summed E-state index contributed by atoms with van der Waals surface area (Å²) in [5.41, 5.74) is 3.22. The van der Waals surface area contributed by atoms with Crippen molar-refractivity contribution in [3.8, 4) is 5.69 Å². The van der Waals surface area contributed by atoms with Crippen LogP contribution in [-0.2, 0) is 13.5 Å². The molecule has 0 atom stereocenters. The van der Waals surface area contributed by atoms with Crippen molar-refractivity contribution in [3.63, 3.8) is 0 Å². The van der Waals surface area contributed by atoms with Crippen molar-refractivity contribution in [1.82, 2.24) is 19.4 Å². The van der Waals surface area contributed by atoms with E-state index in [1.165, 1.54) is 5.56 Å². The van der Waals surface area contributed by atoms with Gasteiger partial charge >= 0.3 is 5.69 Å². The lowest BCUT2D eigenvalue weighted by Gasteiger charge is -2.27. The molecule has 0 bridgehead atoms. The van der Waals surface area contributed by atoms with Crippen LogP contribution in [0, 0.1) is 6.92 Å². The highest BCUT2D eigenvalue weighted by Crippen LogP contribution is 2.12. The molecule has 0 radical (unpaired) electrons. The minimum absolute atomic E-state index is 0.0109. The van der Waals surface area contributed by atoms with E-state index in [-0.39, 0.29) is 5.69 Å². The van der Waals surface area contributed by atoms with Gasteiger partial charge in [0.05, 0.1) is 5.69 Å². The van der Waals surface area contributed by atoms with Crippen LogP contribution in [0.3, 0.4) is 0 Å². The number of benzene rings is 1. The van der Waals surface area contributed by atoms with Crippen molar-refractivity contribution in [3.05, 3.63) is 52.2 Å². The second-order valence-corrected chi connectivity index (χ2v) is 6.01. The van der Waals surface area contributed by atoms with Gasteiger partial charge in [-0.15, -0.1) is 0 Å².